The van der Waals surface area contributed by atoms with Crippen molar-refractivity contribution in [2.24, 2.45) is 0 Å². The largest absolute Gasteiger partial charge is 0.295 e. The Morgan fingerprint density at radius 2 is 1.89 bits per heavy atom. The average Bonchev–Trinajstić information content (AvgIpc) is 2.40. The maximum Gasteiger partial charge on any atom is 0.0237 e. The van der Waals surface area contributed by atoms with E-state index in [0.717, 1.165) is 6.54 Å². The van der Waals surface area contributed by atoms with Gasteiger partial charge in [0.1, 0.15) is 0 Å². The van der Waals surface area contributed by atoms with Gasteiger partial charge in [-0.25, -0.2) is 0 Å². The van der Waals surface area contributed by atoms with Crippen LogP contribution < -0.4 is 0 Å². The minimum absolute atomic E-state index is 1.10. The first kappa shape index (κ1) is 11.7. The normalized spacial score (nSPS) is 20.6. The van der Waals surface area contributed by atoms with E-state index in [1.165, 1.54) is 37.9 Å². The van der Waals surface area contributed by atoms with Crippen molar-refractivity contribution in [2.45, 2.75) is 32.7 Å². The second-order valence-corrected chi connectivity index (χ2v) is 5.57. The molecule has 0 amide bonds. The van der Waals surface area contributed by atoms with Crippen molar-refractivity contribution in [2.75, 3.05) is 13.1 Å². The average molecular weight is 239 g/mol. The maximum absolute atomic E-state index is 2.59. The first-order chi connectivity index (χ1) is 8.81. The first-order valence-corrected chi connectivity index (χ1v) is 6.95. The summed E-state index contributed by atoms with van der Waals surface area (Å²) >= 11 is 0. The van der Waals surface area contributed by atoms with Crippen LogP contribution in [0.4, 0.5) is 0 Å². The molecule has 0 saturated heterocycles. The molecular formula is C17H21N. The molecule has 1 nitrogen and oxygen atoms in total. The van der Waals surface area contributed by atoms with E-state index in [0.29, 0.717) is 0 Å². The number of rotatable bonds is 2. The molecule has 0 fully saturated rings. The number of allylic oxidation sites excluding steroid dienone is 2. The van der Waals surface area contributed by atoms with Gasteiger partial charge in [0.05, 0.1) is 0 Å². The molecule has 0 unspecified atom stereocenters. The summed E-state index contributed by atoms with van der Waals surface area (Å²) in [5.41, 5.74) is 6.31. The highest BCUT2D eigenvalue weighted by molar-refractivity contribution is 5.35. The van der Waals surface area contributed by atoms with E-state index in [1.807, 2.05) is 0 Å². The Labute approximate surface area is 110 Å². The van der Waals surface area contributed by atoms with Gasteiger partial charge in [0.15, 0.2) is 0 Å². The van der Waals surface area contributed by atoms with Crippen molar-refractivity contribution in [3.63, 3.8) is 0 Å². The number of hydrogen-bond donors (Lipinski definition) is 0. The van der Waals surface area contributed by atoms with E-state index in [1.54, 1.807) is 16.7 Å². The molecule has 1 aliphatic heterocycles. The Morgan fingerprint density at radius 3 is 2.72 bits per heavy atom. The van der Waals surface area contributed by atoms with Gasteiger partial charge in [-0.3, -0.25) is 4.90 Å². The van der Waals surface area contributed by atoms with Crippen LogP contribution in [0.3, 0.4) is 0 Å². The van der Waals surface area contributed by atoms with Gasteiger partial charge in [0, 0.05) is 19.6 Å². The summed E-state index contributed by atoms with van der Waals surface area (Å²) < 4.78 is 0. The highest BCUT2D eigenvalue weighted by Crippen LogP contribution is 2.30. The third-order valence-corrected chi connectivity index (χ3v) is 4.06. The van der Waals surface area contributed by atoms with Crippen molar-refractivity contribution in [1.82, 2.24) is 4.90 Å². The molecule has 1 aromatic carbocycles. The minimum atomic E-state index is 1.10. The van der Waals surface area contributed by atoms with Gasteiger partial charge in [-0.2, -0.15) is 0 Å². The van der Waals surface area contributed by atoms with Crippen molar-refractivity contribution in [1.29, 1.82) is 0 Å². The van der Waals surface area contributed by atoms with Gasteiger partial charge in [-0.05, 0) is 37.3 Å². The summed E-state index contributed by atoms with van der Waals surface area (Å²) in [7, 11) is 0. The monoisotopic (exact) mass is 239 g/mol. The van der Waals surface area contributed by atoms with Crippen molar-refractivity contribution >= 4 is 0 Å². The Kier molecular flexibility index (Phi) is 3.33. The zero-order valence-corrected chi connectivity index (χ0v) is 11.2. The third-order valence-electron chi connectivity index (χ3n) is 4.06. The van der Waals surface area contributed by atoms with Crippen molar-refractivity contribution in [3.8, 4) is 0 Å². The second-order valence-electron chi connectivity index (χ2n) is 5.57. The van der Waals surface area contributed by atoms with Gasteiger partial charge >= 0.3 is 0 Å². The van der Waals surface area contributed by atoms with Crippen LogP contribution in [0.2, 0.25) is 0 Å². The molecule has 1 aromatic rings. The topological polar surface area (TPSA) is 3.24 Å². The van der Waals surface area contributed by atoms with Crippen LogP contribution >= 0.6 is 0 Å². The second kappa shape index (κ2) is 5.11. The molecule has 18 heavy (non-hydrogen) atoms. The van der Waals surface area contributed by atoms with Gasteiger partial charge in [-0.1, -0.05) is 47.6 Å². The maximum atomic E-state index is 2.59. The van der Waals surface area contributed by atoms with Gasteiger partial charge in [-0.15, -0.1) is 0 Å². The number of benzene rings is 1. The molecule has 1 heteroatoms. The molecule has 0 aromatic heterocycles. The fourth-order valence-electron chi connectivity index (χ4n) is 3.01. The number of nitrogens with zero attached hydrogens (tertiary/aromatic N) is 1. The molecule has 0 radical (unpaired) electrons. The quantitative estimate of drug-likeness (QED) is 0.756. The molecule has 94 valence electrons. The smallest absolute Gasteiger partial charge is 0.0237 e. The zero-order chi connectivity index (χ0) is 12.4. The lowest BCUT2D eigenvalue weighted by Crippen LogP contribution is -2.31. The van der Waals surface area contributed by atoms with Crippen LogP contribution in [0.25, 0.3) is 0 Å². The summed E-state index contributed by atoms with van der Waals surface area (Å²) in [5, 5.41) is 0. The predicted molar refractivity (Wildman–Crippen MR) is 76.4 cm³/mol. The molecule has 0 saturated carbocycles. The molecule has 0 spiro atoms. The lowest BCUT2D eigenvalue weighted by atomic mass is 9.88. The Morgan fingerprint density at radius 1 is 1.06 bits per heavy atom. The van der Waals surface area contributed by atoms with E-state index in [2.05, 4.69) is 48.2 Å². The van der Waals surface area contributed by atoms with Crippen LogP contribution in [0.15, 0.2) is 53.1 Å². The Bertz CT molecular complexity index is 482. The lowest BCUT2D eigenvalue weighted by molar-refractivity contribution is 0.274. The fraction of sp³-hybridized carbons (Fsp3) is 0.412. The lowest BCUT2D eigenvalue weighted by Gasteiger charge is -2.32. The summed E-state index contributed by atoms with van der Waals surface area (Å²) in [6.45, 7) is 5.74. The van der Waals surface area contributed by atoms with E-state index >= 15 is 0 Å². The van der Waals surface area contributed by atoms with E-state index in [4.69, 9.17) is 0 Å². The van der Waals surface area contributed by atoms with E-state index < -0.39 is 0 Å². The fourth-order valence-corrected chi connectivity index (χ4v) is 3.01. The number of hydrogen-bond acceptors (Lipinski definition) is 1. The molecule has 0 bridgehead atoms. The highest BCUT2D eigenvalue weighted by atomic mass is 15.1. The van der Waals surface area contributed by atoms with Gasteiger partial charge < -0.3 is 0 Å². The van der Waals surface area contributed by atoms with Crippen LogP contribution in [0.1, 0.15) is 31.7 Å². The molecule has 1 heterocycles. The molecule has 2 aliphatic rings. The molecular weight excluding hydrogens is 218 g/mol. The van der Waals surface area contributed by atoms with E-state index in [9.17, 15) is 0 Å². The summed E-state index contributed by atoms with van der Waals surface area (Å²) in [5.74, 6) is 0. The SMILES string of the molecule is CC1=CC2=C(CC1)CN(Cc1ccccc1)CC2. The first-order valence-electron chi connectivity index (χ1n) is 6.95. The molecule has 1 aliphatic carbocycles. The zero-order valence-electron chi connectivity index (χ0n) is 11.2. The Balaban J connectivity index is 1.69. The Hall–Kier alpha value is -1.34. The molecule has 0 atom stereocenters. The molecule has 0 N–H and O–H groups in total. The summed E-state index contributed by atoms with van der Waals surface area (Å²) in [6, 6.07) is 10.8. The van der Waals surface area contributed by atoms with Crippen LogP contribution in [-0.4, -0.2) is 18.0 Å². The van der Waals surface area contributed by atoms with Crippen LogP contribution in [0, 0.1) is 0 Å². The third kappa shape index (κ3) is 2.56. The predicted octanol–water partition coefficient (Wildman–Crippen LogP) is 3.93. The van der Waals surface area contributed by atoms with Crippen molar-refractivity contribution in [3.05, 3.63) is 58.7 Å². The van der Waals surface area contributed by atoms with Gasteiger partial charge in [0.25, 0.3) is 0 Å². The minimum Gasteiger partial charge on any atom is -0.295 e. The van der Waals surface area contributed by atoms with Gasteiger partial charge in [0.2, 0.25) is 0 Å². The van der Waals surface area contributed by atoms with Crippen molar-refractivity contribution < 1.29 is 0 Å². The van der Waals surface area contributed by atoms with Crippen LogP contribution in [0.5, 0.6) is 0 Å². The standard InChI is InChI=1S/C17H21N/c1-14-7-8-17-13-18(10-9-16(17)11-14)12-15-5-3-2-4-6-15/h2-6,11H,7-10,12-13H2,1H3. The summed E-state index contributed by atoms with van der Waals surface area (Å²) in [4.78, 5) is 2.59. The molecule has 3 rings (SSSR count). The highest BCUT2D eigenvalue weighted by Gasteiger charge is 2.20. The summed E-state index contributed by atoms with van der Waals surface area (Å²) in [6.07, 6.45) is 6.21. The van der Waals surface area contributed by atoms with Crippen LogP contribution in [-0.2, 0) is 6.54 Å². The van der Waals surface area contributed by atoms with E-state index in [-0.39, 0.29) is 0 Å².